The molecule has 106 valence electrons. The highest BCUT2D eigenvalue weighted by Crippen LogP contribution is 2.18. The number of amides is 2. The van der Waals surface area contributed by atoms with Crippen molar-refractivity contribution < 1.29 is 23.9 Å². The van der Waals surface area contributed by atoms with Gasteiger partial charge in [-0.25, -0.2) is 9.18 Å². The Balaban J connectivity index is 2.05. The topological polar surface area (TPSA) is 86.7 Å². The van der Waals surface area contributed by atoms with E-state index in [1.54, 1.807) is 0 Å². The molecule has 1 aliphatic heterocycles. The van der Waals surface area contributed by atoms with Crippen LogP contribution in [-0.4, -0.2) is 46.0 Å². The van der Waals surface area contributed by atoms with Gasteiger partial charge in [-0.3, -0.25) is 9.59 Å². The van der Waals surface area contributed by atoms with Crippen LogP contribution in [-0.2, 0) is 9.59 Å². The molecule has 0 bridgehead atoms. The fraction of sp³-hybridized carbons (Fsp3) is 0.250. The van der Waals surface area contributed by atoms with Crippen LogP contribution in [0.15, 0.2) is 18.2 Å². The molecule has 2 N–H and O–H groups in total. The van der Waals surface area contributed by atoms with Crippen molar-refractivity contribution in [3.05, 3.63) is 29.6 Å². The molecule has 1 fully saturated rings. The Labute approximate surface area is 117 Å². The van der Waals surface area contributed by atoms with Crippen LogP contribution in [0.2, 0.25) is 0 Å². The van der Waals surface area contributed by atoms with Gasteiger partial charge in [0.15, 0.2) is 0 Å². The van der Waals surface area contributed by atoms with Crippen LogP contribution in [0.1, 0.15) is 10.4 Å². The number of rotatable bonds is 4. The van der Waals surface area contributed by atoms with Crippen molar-refractivity contribution in [1.82, 2.24) is 4.90 Å². The summed E-state index contributed by atoms with van der Waals surface area (Å²) >= 11 is 1.39. The van der Waals surface area contributed by atoms with Crippen LogP contribution >= 0.6 is 11.8 Å². The van der Waals surface area contributed by atoms with Gasteiger partial charge in [0.1, 0.15) is 12.4 Å². The van der Waals surface area contributed by atoms with E-state index in [2.05, 4.69) is 5.32 Å². The van der Waals surface area contributed by atoms with Gasteiger partial charge in [-0.05, 0) is 18.2 Å². The number of nitrogens with zero attached hydrogens (tertiary/aromatic N) is 1. The Morgan fingerprint density at radius 1 is 1.45 bits per heavy atom. The molecular formula is C12H11FN2O4S. The summed E-state index contributed by atoms with van der Waals surface area (Å²) in [5, 5.41) is 11.1. The number of carbonyl (C=O) groups excluding carboxylic acids is 2. The van der Waals surface area contributed by atoms with Crippen LogP contribution < -0.4 is 5.32 Å². The second-order valence-electron chi connectivity index (χ2n) is 4.12. The van der Waals surface area contributed by atoms with E-state index < -0.39 is 17.7 Å². The third kappa shape index (κ3) is 3.27. The molecule has 0 saturated carbocycles. The van der Waals surface area contributed by atoms with Gasteiger partial charge in [0, 0.05) is 0 Å². The summed E-state index contributed by atoms with van der Waals surface area (Å²) in [7, 11) is 0. The van der Waals surface area contributed by atoms with E-state index >= 15 is 0 Å². The molecule has 0 spiro atoms. The summed E-state index contributed by atoms with van der Waals surface area (Å²) in [5.74, 6) is -1.91. The molecule has 0 aliphatic carbocycles. The smallest absolute Gasteiger partial charge is 0.335 e. The predicted molar refractivity (Wildman–Crippen MR) is 71.0 cm³/mol. The van der Waals surface area contributed by atoms with E-state index in [1.807, 2.05) is 0 Å². The van der Waals surface area contributed by atoms with Crippen LogP contribution in [0.3, 0.4) is 0 Å². The molecule has 1 heterocycles. The van der Waals surface area contributed by atoms with Gasteiger partial charge >= 0.3 is 5.97 Å². The maximum Gasteiger partial charge on any atom is 0.335 e. The van der Waals surface area contributed by atoms with E-state index in [0.717, 1.165) is 18.2 Å². The third-order valence-electron chi connectivity index (χ3n) is 2.65. The zero-order chi connectivity index (χ0) is 14.7. The van der Waals surface area contributed by atoms with Crippen LogP contribution in [0, 0.1) is 5.82 Å². The molecule has 0 aromatic heterocycles. The number of benzene rings is 1. The van der Waals surface area contributed by atoms with E-state index in [0.29, 0.717) is 11.6 Å². The quantitative estimate of drug-likeness (QED) is 0.866. The summed E-state index contributed by atoms with van der Waals surface area (Å²) in [6.45, 7) is -0.178. The predicted octanol–water partition coefficient (Wildman–Crippen LogP) is 0.995. The van der Waals surface area contributed by atoms with Gasteiger partial charge in [-0.1, -0.05) is 0 Å². The Kier molecular flexibility index (Phi) is 4.23. The van der Waals surface area contributed by atoms with Crippen LogP contribution in [0.5, 0.6) is 0 Å². The fourth-order valence-electron chi connectivity index (χ4n) is 1.66. The minimum Gasteiger partial charge on any atom is -0.478 e. The van der Waals surface area contributed by atoms with Crippen molar-refractivity contribution in [3.8, 4) is 0 Å². The average Bonchev–Trinajstić information content (AvgIpc) is 2.77. The van der Waals surface area contributed by atoms with E-state index in [9.17, 15) is 18.8 Å². The number of carbonyl (C=O) groups is 3. The average molecular weight is 298 g/mol. The number of carboxylic acids is 1. The fourth-order valence-corrected chi connectivity index (χ4v) is 2.56. The second-order valence-corrected chi connectivity index (χ2v) is 5.07. The van der Waals surface area contributed by atoms with Gasteiger partial charge in [-0.2, -0.15) is 0 Å². The number of thioether (sulfide) groups is 1. The highest BCUT2D eigenvalue weighted by atomic mass is 32.2. The molecule has 2 rings (SSSR count). The summed E-state index contributed by atoms with van der Waals surface area (Å²) in [5.41, 5.74) is -0.344. The molecule has 20 heavy (non-hydrogen) atoms. The first-order valence-electron chi connectivity index (χ1n) is 5.65. The summed E-state index contributed by atoms with van der Waals surface area (Å²) in [6, 6.07) is 3.11. The van der Waals surface area contributed by atoms with Crippen LogP contribution in [0.4, 0.5) is 10.1 Å². The van der Waals surface area contributed by atoms with E-state index in [1.165, 1.54) is 16.7 Å². The lowest BCUT2D eigenvalue weighted by Gasteiger charge is -2.14. The molecule has 0 atom stereocenters. The van der Waals surface area contributed by atoms with Crippen molar-refractivity contribution in [1.29, 1.82) is 0 Å². The Morgan fingerprint density at radius 2 is 2.20 bits per heavy atom. The molecule has 0 radical (unpaired) electrons. The molecular weight excluding hydrogens is 287 g/mol. The lowest BCUT2D eigenvalue weighted by Crippen LogP contribution is -2.34. The SMILES string of the molecule is O=C(CN1CSCC1=O)Nc1cc(C(=O)O)ccc1F. The second kappa shape index (κ2) is 5.91. The number of aromatic carboxylic acids is 1. The standard InChI is InChI=1S/C12H11FN2O4S/c13-8-2-1-7(12(18)19)3-9(8)14-10(16)4-15-6-20-5-11(15)17/h1-3H,4-6H2,(H,14,16)(H,18,19). The molecule has 1 aromatic rings. The van der Waals surface area contributed by atoms with Crippen molar-refractivity contribution in [2.75, 3.05) is 23.5 Å². The zero-order valence-corrected chi connectivity index (χ0v) is 11.1. The summed E-state index contributed by atoms with van der Waals surface area (Å²) in [4.78, 5) is 35.2. The lowest BCUT2D eigenvalue weighted by atomic mass is 10.2. The maximum atomic E-state index is 13.5. The molecule has 8 heteroatoms. The zero-order valence-electron chi connectivity index (χ0n) is 10.3. The van der Waals surface area contributed by atoms with Crippen molar-refractivity contribution in [3.63, 3.8) is 0 Å². The minimum atomic E-state index is -1.22. The van der Waals surface area contributed by atoms with Crippen molar-refractivity contribution >= 4 is 35.2 Å². The molecule has 1 aromatic carbocycles. The highest BCUT2D eigenvalue weighted by Gasteiger charge is 2.23. The van der Waals surface area contributed by atoms with E-state index in [4.69, 9.17) is 5.11 Å². The number of hydrogen-bond donors (Lipinski definition) is 2. The number of hydrogen-bond acceptors (Lipinski definition) is 4. The largest absolute Gasteiger partial charge is 0.478 e. The number of nitrogens with one attached hydrogen (secondary N) is 1. The van der Waals surface area contributed by atoms with Crippen molar-refractivity contribution in [2.24, 2.45) is 0 Å². The van der Waals surface area contributed by atoms with Gasteiger partial charge in [0.05, 0.1) is 22.9 Å². The Morgan fingerprint density at radius 3 is 2.80 bits per heavy atom. The first-order valence-corrected chi connectivity index (χ1v) is 6.81. The highest BCUT2D eigenvalue weighted by molar-refractivity contribution is 8.00. The molecule has 1 aliphatic rings. The first kappa shape index (κ1) is 14.3. The maximum absolute atomic E-state index is 13.5. The Bertz CT molecular complexity index is 579. The normalized spacial score (nSPS) is 14.4. The van der Waals surface area contributed by atoms with Crippen molar-refractivity contribution in [2.45, 2.75) is 0 Å². The molecule has 2 amide bonds. The Hall–Kier alpha value is -2.09. The van der Waals surface area contributed by atoms with Gasteiger partial charge in [0.25, 0.3) is 0 Å². The third-order valence-corrected chi connectivity index (χ3v) is 3.59. The van der Waals surface area contributed by atoms with E-state index in [-0.39, 0.29) is 23.7 Å². The summed E-state index contributed by atoms with van der Waals surface area (Å²) < 4.78 is 13.5. The lowest BCUT2D eigenvalue weighted by molar-refractivity contribution is -0.130. The molecule has 6 nitrogen and oxygen atoms in total. The number of anilines is 1. The van der Waals surface area contributed by atoms with Gasteiger partial charge in [0.2, 0.25) is 11.8 Å². The minimum absolute atomic E-state index is 0.130. The molecule has 1 saturated heterocycles. The van der Waals surface area contributed by atoms with Gasteiger partial charge < -0.3 is 15.3 Å². The van der Waals surface area contributed by atoms with Crippen LogP contribution in [0.25, 0.3) is 0 Å². The molecule has 0 unspecified atom stereocenters. The first-order chi connectivity index (χ1) is 9.47. The monoisotopic (exact) mass is 298 g/mol. The summed E-state index contributed by atoms with van der Waals surface area (Å²) in [6.07, 6.45) is 0. The number of halogens is 1. The van der Waals surface area contributed by atoms with Gasteiger partial charge in [-0.15, -0.1) is 11.8 Å². The number of carboxylic acid groups (broad SMARTS) is 1.